The van der Waals surface area contributed by atoms with Crippen molar-refractivity contribution in [1.82, 2.24) is 0 Å². The monoisotopic (exact) mass is 1460 g/mol. The molecule has 588 valence electrons. The Labute approximate surface area is 611 Å². The second-order valence-electron chi connectivity index (χ2n) is 28.1. The summed E-state index contributed by atoms with van der Waals surface area (Å²) in [7, 11) is -9.94. The molecule has 0 bridgehead atoms. The lowest BCUT2D eigenvalue weighted by Gasteiger charge is -2.21. The van der Waals surface area contributed by atoms with E-state index in [1.54, 1.807) is 0 Å². The fourth-order valence-corrected chi connectivity index (χ4v) is 13.4. The summed E-state index contributed by atoms with van der Waals surface area (Å²) in [6.45, 7) is 4.93. The second kappa shape index (κ2) is 74.5. The van der Waals surface area contributed by atoms with E-state index < -0.39 is 97.5 Å². The largest absolute Gasteiger partial charge is 0.472 e. The number of carbonyl (C=O) groups is 4. The topological polar surface area (TPSA) is 237 Å². The number of hydrogen-bond donors (Lipinski definition) is 3. The van der Waals surface area contributed by atoms with Gasteiger partial charge < -0.3 is 33.8 Å². The molecule has 0 heterocycles. The van der Waals surface area contributed by atoms with Crippen LogP contribution in [0.1, 0.15) is 400 Å². The zero-order chi connectivity index (χ0) is 73.2. The summed E-state index contributed by atoms with van der Waals surface area (Å²) < 4.78 is 68.7. The maximum Gasteiger partial charge on any atom is 0.472 e. The Morgan fingerprint density at radius 3 is 0.770 bits per heavy atom. The summed E-state index contributed by atoms with van der Waals surface area (Å²) in [5.41, 5.74) is 0. The van der Waals surface area contributed by atoms with Crippen LogP contribution in [-0.4, -0.2) is 96.7 Å². The van der Waals surface area contributed by atoms with Crippen molar-refractivity contribution >= 4 is 39.5 Å². The summed E-state index contributed by atoms with van der Waals surface area (Å²) in [6, 6.07) is 0. The maximum absolute atomic E-state index is 13.1. The van der Waals surface area contributed by atoms with Gasteiger partial charge in [0.2, 0.25) is 0 Å². The molecule has 0 aromatic heterocycles. The number of phosphoric ester groups is 2. The van der Waals surface area contributed by atoms with Gasteiger partial charge in [-0.1, -0.05) is 327 Å². The molecule has 17 nitrogen and oxygen atoms in total. The van der Waals surface area contributed by atoms with Crippen molar-refractivity contribution in [3.05, 3.63) is 36.5 Å². The molecule has 0 fully saturated rings. The average Bonchev–Trinajstić information content (AvgIpc) is 1.25. The number of carbonyl (C=O) groups excluding carboxylic acids is 4. The molecule has 5 atom stereocenters. The highest BCUT2D eigenvalue weighted by molar-refractivity contribution is 7.47. The minimum atomic E-state index is -4.97. The predicted molar refractivity (Wildman–Crippen MR) is 409 cm³/mol. The lowest BCUT2D eigenvalue weighted by Crippen LogP contribution is -2.30. The first kappa shape index (κ1) is 97.3. The Hall–Kier alpha value is -2.72. The SMILES string of the molecule is CCCCC/C=C\C/C=C\CCCCCCCC(=O)O[C@H](COC(=O)CCCCCCCCCCCCCCCCC)COP(=O)(O)OC[C@H](O)COP(=O)(O)OC[C@@H](COC(=O)CCCCCCCCCCCCCCCCC)OC(=O)CCCCCCC/C=C\CCCCCCCC. The molecule has 0 radical (unpaired) electrons. The molecule has 3 N–H and O–H groups in total. The van der Waals surface area contributed by atoms with Crippen molar-refractivity contribution in [2.75, 3.05) is 39.6 Å². The summed E-state index contributed by atoms with van der Waals surface area (Å²) in [5.74, 6) is -2.15. The van der Waals surface area contributed by atoms with Gasteiger partial charge in [-0.25, -0.2) is 9.13 Å². The zero-order valence-corrected chi connectivity index (χ0v) is 66.2. The molecule has 0 saturated heterocycles. The van der Waals surface area contributed by atoms with Crippen molar-refractivity contribution in [2.24, 2.45) is 0 Å². The van der Waals surface area contributed by atoms with Gasteiger partial charge in [-0.15, -0.1) is 0 Å². The van der Waals surface area contributed by atoms with E-state index in [0.29, 0.717) is 25.7 Å². The molecular weight excluding hydrogens is 1310 g/mol. The lowest BCUT2D eigenvalue weighted by molar-refractivity contribution is -0.161. The Kier molecular flexibility index (Phi) is 72.5. The third-order valence-electron chi connectivity index (χ3n) is 18.1. The van der Waals surface area contributed by atoms with Gasteiger partial charge in [-0.3, -0.25) is 37.3 Å². The quantitative estimate of drug-likeness (QED) is 0.0169. The molecular formula is C81H152O17P2. The Morgan fingerprint density at radius 1 is 0.280 bits per heavy atom. The first-order valence-electron chi connectivity index (χ1n) is 41.2. The summed E-state index contributed by atoms with van der Waals surface area (Å²) in [4.78, 5) is 73.0. The van der Waals surface area contributed by atoms with Gasteiger partial charge in [-0.2, -0.15) is 0 Å². The normalized spacial score (nSPS) is 14.0. The fraction of sp³-hybridized carbons (Fsp3) is 0.877. The zero-order valence-electron chi connectivity index (χ0n) is 64.4. The molecule has 0 aliphatic rings. The molecule has 100 heavy (non-hydrogen) atoms. The number of hydrogen-bond acceptors (Lipinski definition) is 15. The van der Waals surface area contributed by atoms with Gasteiger partial charge in [0.1, 0.15) is 19.3 Å². The van der Waals surface area contributed by atoms with Gasteiger partial charge in [0, 0.05) is 25.7 Å². The van der Waals surface area contributed by atoms with Gasteiger partial charge in [0.15, 0.2) is 12.2 Å². The highest BCUT2D eigenvalue weighted by atomic mass is 31.2. The Morgan fingerprint density at radius 2 is 0.490 bits per heavy atom. The molecule has 0 aliphatic carbocycles. The molecule has 0 aromatic rings. The number of phosphoric acid groups is 2. The molecule has 0 aromatic carbocycles. The smallest absolute Gasteiger partial charge is 0.462 e. The van der Waals surface area contributed by atoms with E-state index in [0.717, 1.165) is 122 Å². The van der Waals surface area contributed by atoms with Crippen LogP contribution in [0.15, 0.2) is 36.5 Å². The molecule has 0 saturated carbocycles. The minimum Gasteiger partial charge on any atom is -0.462 e. The summed E-state index contributed by atoms with van der Waals surface area (Å²) in [6.07, 6.45) is 71.1. The minimum absolute atomic E-state index is 0.0863. The van der Waals surface area contributed by atoms with Gasteiger partial charge >= 0.3 is 39.5 Å². The van der Waals surface area contributed by atoms with E-state index in [4.69, 9.17) is 37.0 Å². The lowest BCUT2D eigenvalue weighted by atomic mass is 10.0. The predicted octanol–water partition coefficient (Wildman–Crippen LogP) is 23.9. The van der Waals surface area contributed by atoms with Crippen LogP contribution < -0.4 is 0 Å². The van der Waals surface area contributed by atoms with Crippen molar-refractivity contribution < 1.29 is 80.2 Å². The van der Waals surface area contributed by atoms with Crippen molar-refractivity contribution in [3.63, 3.8) is 0 Å². The van der Waals surface area contributed by atoms with Crippen LogP contribution in [0.3, 0.4) is 0 Å². The number of allylic oxidation sites excluding steroid dienone is 6. The summed E-state index contributed by atoms with van der Waals surface area (Å²) in [5, 5.41) is 10.6. The van der Waals surface area contributed by atoms with E-state index in [1.165, 1.54) is 199 Å². The molecule has 0 spiro atoms. The van der Waals surface area contributed by atoms with E-state index in [9.17, 15) is 43.2 Å². The molecule has 19 heteroatoms. The third-order valence-corrected chi connectivity index (χ3v) is 20.0. The van der Waals surface area contributed by atoms with Crippen LogP contribution in [0.2, 0.25) is 0 Å². The van der Waals surface area contributed by atoms with Crippen LogP contribution in [0.4, 0.5) is 0 Å². The number of aliphatic hydroxyl groups excluding tert-OH is 1. The van der Waals surface area contributed by atoms with E-state index in [-0.39, 0.29) is 25.7 Å². The number of unbranched alkanes of at least 4 members (excludes halogenated alkanes) is 47. The number of esters is 4. The number of aliphatic hydroxyl groups is 1. The van der Waals surface area contributed by atoms with E-state index in [2.05, 4.69) is 64.2 Å². The van der Waals surface area contributed by atoms with Crippen molar-refractivity contribution in [2.45, 2.75) is 418 Å². The molecule has 0 rings (SSSR count). The molecule has 2 unspecified atom stereocenters. The number of rotatable bonds is 79. The van der Waals surface area contributed by atoms with Crippen LogP contribution in [0.25, 0.3) is 0 Å². The Balaban J connectivity index is 5.32. The first-order valence-corrected chi connectivity index (χ1v) is 44.2. The van der Waals surface area contributed by atoms with Crippen LogP contribution in [0.5, 0.6) is 0 Å². The van der Waals surface area contributed by atoms with Crippen LogP contribution in [0, 0.1) is 0 Å². The standard InChI is InChI=1S/C81H152O17P2/c1-5-9-13-17-21-25-29-33-37-41-45-49-53-57-61-65-78(83)91-71-76(97-80(85)67-63-59-55-51-47-43-39-35-31-27-23-19-15-11-7-3)73-95-99(87,88)93-69-75(82)70-94-100(89,90)96-74-77(98-81(86)68-64-60-56-52-48-44-40-36-32-28-24-20-16-12-8-4)72-92-79(84)66-62-58-54-50-46-42-38-34-30-26-22-18-14-10-6-2/h23,27,35-36,39-40,75-77,82H,5-22,24-26,28-34,37-38,41-74H2,1-4H3,(H,87,88)(H,89,90)/b27-23-,39-35-,40-36-/t75-,76+,77+/m0/s1. The average molecular weight is 1460 g/mol. The van der Waals surface area contributed by atoms with Gasteiger partial charge in [0.05, 0.1) is 26.4 Å². The van der Waals surface area contributed by atoms with Crippen LogP contribution >= 0.6 is 15.6 Å². The third kappa shape index (κ3) is 73.6. The summed E-state index contributed by atoms with van der Waals surface area (Å²) >= 11 is 0. The number of ether oxygens (including phenoxy) is 4. The molecule has 0 aliphatic heterocycles. The van der Waals surface area contributed by atoms with Crippen molar-refractivity contribution in [1.29, 1.82) is 0 Å². The molecule has 0 amide bonds. The van der Waals surface area contributed by atoms with Gasteiger partial charge in [-0.05, 0) is 83.5 Å². The highest BCUT2D eigenvalue weighted by Crippen LogP contribution is 2.45. The van der Waals surface area contributed by atoms with E-state index >= 15 is 0 Å². The fourth-order valence-electron chi connectivity index (χ4n) is 11.8. The van der Waals surface area contributed by atoms with Gasteiger partial charge in [0.25, 0.3) is 0 Å². The Bertz CT molecular complexity index is 2040. The first-order chi connectivity index (χ1) is 48.7. The highest BCUT2D eigenvalue weighted by Gasteiger charge is 2.30. The van der Waals surface area contributed by atoms with Crippen LogP contribution in [-0.2, 0) is 65.4 Å². The second-order valence-corrected chi connectivity index (χ2v) is 31.0. The van der Waals surface area contributed by atoms with E-state index in [1.807, 2.05) is 0 Å². The maximum atomic E-state index is 13.1. The van der Waals surface area contributed by atoms with Crippen molar-refractivity contribution in [3.8, 4) is 0 Å².